The summed E-state index contributed by atoms with van der Waals surface area (Å²) in [7, 11) is 1.31. The second kappa shape index (κ2) is 3.89. The molecule has 17 heavy (non-hydrogen) atoms. The average molecular weight is 243 g/mol. The molecule has 0 saturated heterocycles. The molecule has 0 radical (unpaired) electrons. The van der Waals surface area contributed by atoms with Gasteiger partial charge in [-0.05, 0) is 27.2 Å². The fraction of sp³-hybridized carbons (Fsp3) is 0.833. The Morgan fingerprint density at radius 3 is 2.00 bits per heavy atom. The number of ether oxygens (including phenoxy) is 2. The van der Waals surface area contributed by atoms with Crippen LogP contribution in [0.15, 0.2) is 0 Å². The first kappa shape index (κ1) is 13.8. The van der Waals surface area contributed by atoms with Crippen molar-refractivity contribution < 1.29 is 19.1 Å². The SMILES string of the molecule is COC(=O)[C@]1(NC(=O)OC(C)(C)C)CC1(C)C. The van der Waals surface area contributed by atoms with E-state index in [-0.39, 0.29) is 5.41 Å². The summed E-state index contributed by atoms with van der Waals surface area (Å²) in [6, 6.07) is 0. The fourth-order valence-corrected chi connectivity index (χ4v) is 1.88. The molecule has 0 unspecified atom stereocenters. The molecule has 1 N–H and O–H groups in total. The third kappa shape index (κ3) is 2.70. The van der Waals surface area contributed by atoms with Crippen LogP contribution in [0.25, 0.3) is 0 Å². The molecule has 98 valence electrons. The number of carbonyl (C=O) groups is 2. The normalized spacial score (nSPS) is 26.0. The standard InChI is InChI=1S/C12H21NO4/c1-10(2,3)17-9(15)13-12(8(14)16-6)7-11(12,4)5/h7H2,1-6H3,(H,13,15)/t12-/m1/s1. The Morgan fingerprint density at radius 1 is 1.24 bits per heavy atom. The first-order valence-corrected chi connectivity index (χ1v) is 5.64. The highest BCUT2D eigenvalue weighted by atomic mass is 16.6. The second-order valence-corrected chi connectivity index (χ2v) is 6.08. The van der Waals surface area contributed by atoms with E-state index in [2.05, 4.69) is 5.32 Å². The van der Waals surface area contributed by atoms with Gasteiger partial charge in [-0.25, -0.2) is 9.59 Å². The van der Waals surface area contributed by atoms with Crippen LogP contribution in [0.5, 0.6) is 0 Å². The van der Waals surface area contributed by atoms with E-state index in [1.54, 1.807) is 20.8 Å². The van der Waals surface area contributed by atoms with Crippen LogP contribution in [0.2, 0.25) is 0 Å². The largest absolute Gasteiger partial charge is 0.467 e. The fourth-order valence-electron chi connectivity index (χ4n) is 1.88. The second-order valence-electron chi connectivity index (χ2n) is 6.08. The molecular formula is C12H21NO4. The van der Waals surface area contributed by atoms with E-state index < -0.39 is 23.2 Å². The molecule has 0 aliphatic heterocycles. The number of carbonyl (C=O) groups excluding carboxylic acids is 2. The lowest BCUT2D eigenvalue weighted by molar-refractivity contribution is -0.145. The molecule has 1 saturated carbocycles. The Hall–Kier alpha value is -1.26. The van der Waals surface area contributed by atoms with Gasteiger partial charge < -0.3 is 14.8 Å². The van der Waals surface area contributed by atoms with Gasteiger partial charge in [0.25, 0.3) is 0 Å². The minimum Gasteiger partial charge on any atom is -0.467 e. The van der Waals surface area contributed by atoms with Gasteiger partial charge in [-0.15, -0.1) is 0 Å². The van der Waals surface area contributed by atoms with Crippen molar-refractivity contribution >= 4 is 12.1 Å². The minimum absolute atomic E-state index is 0.295. The highest BCUT2D eigenvalue weighted by Crippen LogP contribution is 2.56. The Balaban J connectivity index is 2.72. The van der Waals surface area contributed by atoms with Crippen LogP contribution in [-0.4, -0.2) is 30.3 Å². The van der Waals surface area contributed by atoms with E-state index in [1.165, 1.54) is 7.11 Å². The van der Waals surface area contributed by atoms with Crippen molar-refractivity contribution in [3.05, 3.63) is 0 Å². The lowest BCUT2D eigenvalue weighted by atomic mass is 10.1. The molecule has 0 bridgehead atoms. The average Bonchev–Trinajstić information content (AvgIpc) is 2.64. The van der Waals surface area contributed by atoms with Crippen molar-refractivity contribution in [2.75, 3.05) is 7.11 Å². The summed E-state index contributed by atoms with van der Waals surface area (Å²) in [4.78, 5) is 23.4. The Bertz CT molecular complexity index is 343. The summed E-state index contributed by atoms with van der Waals surface area (Å²) in [5, 5.41) is 2.63. The van der Waals surface area contributed by atoms with E-state index in [1.807, 2.05) is 13.8 Å². The number of amides is 1. The number of alkyl carbamates (subject to hydrolysis) is 1. The van der Waals surface area contributed by atoms with Gasteiger partial charge in [0.15, 0.2) is 0 Å². The third-order valence-electron chi connectivity index (χ3n) is 2.99. The van der Waals surface area contributed by atoms with Crippen LogP contribution < -0.4 is 5.32 Å². The zero-order chi connectivity index (χ0) is 13.5. The summed E-state index contributed by atoms with van der Waals surface area (Å²) in [6.45, 7) is 9.13. The number of esters is 1. The van der Waals surface area contributed by atoms with Gasteiger partial charge >= 0.3 is 12.1 Å². The van der Waals surface area contributed by atoms with Crippen LogP contribution in [-0.2, 0) is 14.3 Å². The zero-order valence-corrected chi connectivity index (χ0v) is 11.3. The quantitative estimate of drug-likeness (QED) is 0.752. The first-order chi connectivity index (χ1) is 7.54. The highest BCUT2D eigenvalue weighted by Gasteiger charge is 2.69. The maximum absolute atomic E-state index is 11.7. The summed E-state index contributed by atoms with van der Waals surface area (Å²) < 4.78 is 9.88. The van der Waals surface area contributed by atoms with Crippen LogP contribution >= 0.6 is 0 Å². The molecule has 1 amide bonds. The van der Waals surface area contributed by atoms with E-state index in [0.717, 1.165) is 0 Å². The first-order valence-electron chi connectivity index (χ1n) is 5.64. The Labute approximate surface area is 102 Å². The summed E-state index contributed by atoms with van der Waals surface area (Å²) in [5.74, 6) is -0.423. The van der Waals surface area contributed by atoms with Gasteiger partial charge in [0.05, 0.1) is 7.11 Å². The van der Waals surface area contributed by atoms with Gasteiger partial charge in [-0.3, -0.25) is 0 Å². The van der Waals surface area contributed by atoms with Gasteiger partial charge in [-0.2, -0.15) is 0 Å². The maximum atomic E-state index is 11.7. The lowest BCUT2D eigenvalue weighted by Gasteiger charge is -2.24. The van der Waals surface area contributed by atoms with Crippen molar-refractivity contribution in [1.29, 1.82) is 0 Å². The smallest absolute Gasteiger partial charge is 0.408 e. The number of rotatable bonds is 2. The molecule has 1 fully saturated rings. The van der Waals surface area contributed by atoms with Crippen molar-refractivity contribution in [2.45, 2.75) is 52.2 Å². The molecule has 1 aliphatic rings. The summed E-state index contributed by atoms with van der Waals surface area (Å²) in [5.41, 5.74) is -1.82. The lowest BCUT2D eigenvalue weighted by Crippen LogP contribution is -2.49. The summed E-state index contributed by atoms with van der Waals surface area (Å²) in [6.07, 6.45) is -0.0280. The molecule has 1 atom stereocenters. The van der Waals surface area contributed by atoms with Crippen molar-refractivity contribution in [2.24, 2.45) is 5.41 Å². The number of methoxy groups -OCH3 is 1. The van der Waals surface area contributed by atoms with Crippen LogP contribution in [0.4, 0.5) is 4.79 Å². The van der Waals surface area contributed by atoms with E-state index >= 15 is 0 Å². The van der Waals surface area contributed by atoms with E-state index in [0.29, 0.717) is 6.42 Å². The third-order valence-corrected chi connectivity index (χ3v) is 2.99. The zero-order valence-electron chi connectivity index (χ0n) is 11.3. The monoisotopic (exact) mass is 243 g/mol. The van der Waals surface area contributed by atoms with E-state index in [9.17, 15) is 9.59 Å². The molecule has 0 aromatic carbocycles. The van der Waals surface area contributed by atoms with Crippen molar-refractivity contribution in [3.63, 3.8) is 0 Å². The minimum atomic E-state index is -0.940. The van der Waals surface area contributed by atoms with Crippen molar-refractivity contribution in [3.8, 4) is 0 Å². The molecule has 1 aliphatic carbocycles. The van der Waals surface area contributed by atoms with Gasteiger partial charge in [0.2, 0.25) is 0 Å². The van der Waals surface area contributed by atoms with Gasteiger partial charge in [0, 0.05) is 5.41 Å². The molecule has 0 aromatic rings. The predicted molar refractivity (Wildman–Crippen MR) is 62.5 cm³/mol. The summed E-state index contributed by atoms with van der Waals surface area (Å²) >= 11 is 0. The molecule has 5 nitrogen and oxygen atoms in total. The molecule has 1 rings (SSSR count). The van der Waals surface area contributed by atoms with E-state index in [4.69, 9.17) is 9.47 Å². The highest BCUT2D eigenvalue weighted by molar-refractivity contribution is 5.90. The molecular weight excluding hydrogens is 222 g/mol. The number of hydrogen-bond acceptors (Lipinski definition) is 4. The van der Waals surface area contributed by atoms with Crippen LogP contribution in [0.3, 0.4) is 0 Å². The molecule has 0 spiro atoms. The predicted octanol–water partition coefficient (Wildman–Crippen LogP) is 1.85. The van der Waals surface area contributed by atoms with Gasteiger partial charge in [-0.1, -0.05) is 13.8 Å². The maximum Gasteiger partial charge on any atom is 0.408 e. The topological polar surface area (TPSA) is 64.6 Å². The Kier molecular flexibility index (Phi) is 3.16. The Morgan fingerprint density at radius 2 is 1.71 bits per heavy atom. The molecule has 0 aromatic heterocycles. The number of hydrogen-bond donors (Lipinski definition) is 1. The van der Waals surface area contributed by atoms with Crippen LogP contribution in [0.1, 0.15) is 41.0 Å². The number of nitrogens with one attached hydrogen (secondary N) is 1. The molecule has 5 heteroatoms. The van der Waals surface area contributed by atoms with Crippen LogP contribution in [0, 0.1) is 5.41 Å². The van der Waals surface area contributed by atoms with Crippen molar-refractivity contribution in [1.82, 2.24) is 5.32 Å². The van der Waals surface area contributed by atoms with Gasteiger partial charge in [0.1, 0.15) is 11.1 Å². The molecule has 0 heterocycles.